The van der Waals surface area contributed by atoms with Crippen molar-refractivity contribution in [2.75, 3.05) is 12.8 Å². The predicted octanol–water partition coefficient (Wildman–Crippen LogP) is 2.81. The van der Waals surface area contributed by atoms with E-state index in [0.29, 0.717) is 11.3 Å². The van der Waals surface area contributed by atoms with Crippen molar-refractivity contribution in [2.24, 2.45) is 4.99 Å². The Labute approximate surface area is 162 Å². The highest BCUT2D eigenvalue weighted by molar-refractivity contribution is 14.0. The molecule has 1 aliphatic carbocycles. The van der Waals surface area contributed by atoms with Crippen LogP contribution in [0.2, 0.25) is 0 Å². The largest absolute Gasteiger partial charge is 0.354 e. The van der Waals surface area contributed by atoms with E-state index in [0.717, 1.165) is 49.6 Å². The standard InChI is InChI=1S/C15H26N4OS2.HI/c1-4-22(20)13-7-5-6-12(8-13)19-15(16-3)17-9-14-11(2)18-10-21-14;/h10,12-13H,4-9H2,1-3H3,(H2,16,17,19);1H. The van der Waals surface area contributed by atoms with Gasteiger partial charge >= 0.3 is 0 Å². The molecule has 8 heteroatoms. The molecule has 23 heavy (non-hydrogen) atoms. The van der Waals surface area contributed by atoms with Crippen LogP contribution >= 0.6 is 35.3 Å². The summed E-state index contributed by atoms with van der Waals surface area (Å²) >= 11 is 1.66. The number of aromatic nitrogens is 1. The Hall–Kier alpha value is -0.220. The fraction of sp³-hybridized carbons (Fsp3) is 0.733. The molecule has 0 spiro atoms. The summed E-state index contributed by atoms with van der Waals surface area (Å²) in [5.74, 6) is 1.58. The Morgan fingerprint density at radius 2 is 2.30 bits per heavy atom. The zero-order chi connectivity index (χ0) is 15.9. The van der Waals surface area contributed by atoms with Crippen LogP contribution in [0, 0.1) is 6.92 Å². The second-order valence-corrected chi connectivity index (χ2v) is 8.53. The molecule has 0 radical (unpaired) electrons. The van der Waals surface area contributed by atoms with Crippen molar-refractivity contribution in [1.29, 1.82) is 0 Å². The summed E-state index contributed by atoms with van der Waals surface area (Å²) in [4.78, 5) is 9.80. The second kappa shape index (κ2) is 10.6. The number of aryl methyl sites for hydroxylation is 1. The van der Waals surface area contributed by atoms with Gasteiger partial charge in [-0.3, -0.25) is 9.20 Å². The molecular formula is C15H27IN4OS2. The molecule has 0 bridgehead atoms. The molecule has 2 N–H and O–H groups in total. The summed E-state index contributed by atoms with van der Waals surface area (Å²) in [5.41, 5.74) is 2.94. The third kappa shape index (κ3) is 6.30. The van der Waals surface area contributed by atoms with Gasteiger partial charge < -0.3 is 10.6 Å². The lowest BCUT2D eigenvalue weighted by molar-refractivity contribution is 0.413. The maximum absolute atomic E-state index is 12.0. The minimum atomic E-state index is -0.689. The van der Waals surface area contributed by atoms with Crippen molar-refractivity contribution in [1.82, 2.24) is 15.6 Å². The molecule has 1 aliphatic rings. The smallest absolute Gasteiger partial charge is 0.191 e. The first-order valence-corrected chi connectivity index (χ1v) is 10.1. The highest BCUT2D eigenvalue weighted by Crippen LogP contribution is 2.23. The van der Waals surface area contributed by atoms with Gasteiger partial charge in [-0.25, -0.2) is 4.98 Å². The third-order valence-electron chi connectivity index (χ3n) is 4.11. The summed E-state index contributed by atoms with van der Waals surface area (Å²) < 4.78 is 12.0. The maximum atomic E-state index is 12.0. The zero-order valence-electron chi connectivity index (χ0n) is 14.0. The summed E-state index contributed by atoms with van der Waals surface area (Å²) in [6.07, 6.45) is 4.32. The van der Waals surface area contributed by atoms with Crippen LogP contribution in [0.5, 0.6) is 0 Å². The van der Waals surface area contributed by atoms with Gasteiger partial charge in [0.1, 0.15) is 0 Å². The number of halogens is 1. The van der Waals surface area contributed by atoms with Gasteiger partial charge in [-0.1, -0.05) is 13.3 Å². The molecule has 3 atom stereocenters. The number of guanidine groups is 1. The Kier molecular flexibility index (Phi) is 9.60. The molecule has 2 rings (SSSR count). The van der Waals surface area contributed by atoms with Crippen molar-refractivity contribution in [2.45, 2.75) is 57.4 Å². The van der Waals surface area contributed by atoms with Crippen molar-refractivity contribution < 1.29 is 4.21 Å². The number of aliphatic imine (C=N–C) groups is 1. The highest BCUT2D eigenvalue weighted by atomic mass is 127. The second-order valence-electron chi connectivity index (χ2n) is 5.59. The fourth-order valence-corrected chi connectivity index (χ4v) is 4.86. The molecule has 1 aromatic heterocycles. The van der Waals surface area contributed by atoms with Gasteiger partial charge in [-0.2, -0.15) is 0 Å². The average Bonchev–Trinajstić information content (AvgIpc) is 2.96. The Bertz CT molecular complexity index is 535. The highest BCUT2D eigenvalue weighted by Gasteiger charge is 2.26. The Balaban J connectivity index is 0.00000264. The van der Waals surface area contributed by atoms with Gasteiger partial charge in [-0.05, 0) is 26.2 Å². The molecule has 0 amide bonds. The van der Waals surface area contributed by atoms with E-state index in [1.807, 2.05) is 19.4 Å². The van der Waals surface area contributed by atoms with E-state index in [-0.39, 0.29) is 24.0 Å². The van der Waals surface area contributed by atoms with Crippen LogP contribution in [0.3, 0.4) is 0 Å². The molecule has 5 nitrogen and oxygen atoms in total. The lowest BCUT2D eigenvalue weighted by Gasteiger charge is -2.30. The topological polar surface area (TPSA) is 66.4 Å². The lowest BCUT2D eigenvalue weighted by Crippen LogP contribution is -2.46. The van der Waals surface area contributed by atoms with E-state index in [1.165, 1.54) is 4.88 Å². The molecule has 1 heterocycles. The number of thiazole rings is 1. The summed E-state index contributed by atoms with van der Waals surface area (Å²) in [7, 11) is 1.10. The Morgan fingerprint density at radius 1 is 1.52 bits per heavy atom. The van der Waals surface area contributed by atoms with Crippen molar-refractivity contribution in [3.05, 3.63) is 16.1 Å². The Morgan fingerprint density at radius 3 is 2.91 bits per heavy atom. The number of hydrogen-bond acceptors (Lipinski definition) is 4. The minimum absolute atomic E-state index is 0. The van der Waals surface area contributed by atoms with Gasteiger partial charge in [0.15, 0.2) is 5.96 Å². The third-order valence-corrected chi connectivity index (χ3v) is 6.78. The monoisotopic (exact) mass is 470 g/mol. The molecule has 1 aromatic rings. The van der Waals surface area contributed by atoms with E-state index >= 15 is 0 Å². The SMILES string of the molecule is CCS(=O)C1CCCC(NC(=NC)NCc2scnc2C)C1.I. The van der Waals surface area contributed by atoms with Gasteiger partial charge in [-0.15, -0.1) is 35.3 Å². The number of hydrogen-bond donors (Lipinski definition) is 2. The first-order chi connectivity index (χ1) is 10.6. The van der Waals surface area contributed by atoms with Crippen molar-refractivity contribution in [3.8, 4) is 0 Å². The van der Waals surface area contributed by atoms with E-state index in [9.17, 15) is 4.21 Å². The maximum Gasteiger partial charge on any atom is 0.191 e. The van der Waals surface area contributed by atoms with Crippen LogP contribution in [0.25, 0.3) is 0 Å². The van der Waals surface area contributed by atoms with Crippen LogP contribution < -0.4 is 10.6 Å². The lowest BCUT2D eigenvalue weighted by atomic mass is 9.95. The number of nitrogens with one attached hydrogen (secondary N) is 2. The van der Waals surface area contributed by atoms with Crippen LogP contribution in [-0.4, -0.2) is 39.2 Å². The molecule has 0 aromatic carbocycles. The summed E-state index contributed by atoms with van der Waals surface area (Å²) in [6, 6.07) is 0.364. The van der Waals surface area contributed by atoms with Crippen molar-refractivity contribution in [3.63, 3.8) is 0 Å². The van der Waals surface area contributed by atoms with Gasteiger partial charge in [0.05, 0.1) is 17.7 Å². The van der Waals surface area contributed by atoms with Gasteiger partial charge in [0.2, 0.25) is 0 Å². The predicted molar refractivity (Wildman–Crippen MR) is 110 cm³/mol. The quantitative estimate of drug-likeness (QED) is 0.395. The molecular weight excluding hydrogens is 443 g/mol. The molecule has 0 aliphatic heterocycles. The van der Waals surface area contributed by atoms with Gasteiger partial charge in [0, 0.05) is 39.8 Å². The van der Waals surface area contributed by atoms with E-state index in [1.54, 1.807) is 18.4 Å². The van der Waals surface area contributed by atoms with Crippen LogP contribution in [0.15, 0.2) is 10.5 Å². The van der Waals surface area contributed by atoms with Crippen molar-refractivity contribution >= 4 is 52.1 Å². The van der Waals surface area contributed by atoms with Gasteiger partial charge in [0.25, 0.3) is 0 Å². The van der Waals surface area contributed by atoms with E-state index in [2.05, 4.69) is 20.6 Å². The first-order valence-electron chi connectivity index (χ1n) is 7.87. The first kappa shape index (κ1) is 20.8. The van der Waals surface area contributed by atoms with E-state index in [4.69, 9.17) is 0 Å². The molecule has 3 unspecified atom stereocenters. The molecule has 0 saturated heterocycles. The normalized spacial score (nSPS) is 23.0. The molecule has 1 saturated carbocycles. The summed E-state index contributed by atoms with van der Waals surface area (Å²) in [5, 5.41) is 7.17. The van der Waals surface area contributed by atoms with Crippen LogP contribution in [-0.2, 0) is 17.3 Å². The number of nitrogens with zero attached hydrogens (tertiary/aromatic N) is 2. The number of rotatable bonds is 5. The summed E-state index contributed by atoms with van der Waals surface area (Å²) in [6.45, 7) is 4.77. The molecule has 132 valence electrons. The average molecular weight is 470 g/mol. The van der Waals surface area contributed by atoms with E-state index < -0.39 is 10.8 Å². The minimum Gasteiger partial charge on any atom is -0.354 e. The zero-order valence-corrected chi connectivity index (χ0v) is 18.0. The molecule has 1 fully saturated rings. The van der Waals surface area contributed by atoms with Crippen LogP contribution in [0.4, 0.5) is 0 Å². The van der Waals surface area contributed by atoms with Crippen LogP contribution in [0.1, 0.15) is 43.2 Å². The fourth-order valence-electron chi connectivity index (χ4n) is 2.80.